The standard InChI is InChI=1S/C14H12N2O3/c1-8-13-11(7-12(17)19-14(13)16-15-8)9-3-5-10(18-2)6-4-9/h3-7,13H,1-2H3. The topological polar surface area (TPSA) is 60.2 Å². The Hall–Kier alpha value is -2.43. The summed E-state index contributed by atoms with van der Waals surface area (Å²) in [5, 5.41) is 7.88. The molecule has 0 aromatic heterocycles. The number of esters is 1. The number of benzene rings is 1. The van der Waals surface area contributed by atoms with Crippen molar-refractivity contribution in [3.8, 4) is 5.75 Å². The highest BCUT2D eigenvalue weighted by Gasteiger charge is 2.35. The van der Waals surface area contributed by atoms with E-state index in [9.17, 15) is 4.79 Å². The van der Waals surface area contributed by atoms with Crippen molar-refractivity contribution < 1.29 is 14.3 Å². The highest BCUT2D eigenvalue weighted by Crippen LogP contribution is 2.33. The molecule has 2 heterocycles. The summed E-state index contributed by atoms with van der Waals surface area (Å²) in [4.78, 5) is 11.6. The van der Waals surface area contributed by atoms with Crippen LogP contribution < -0.4 is 4.74 Å². The van der Waals surface area contributed by atoms with Gasteiger partial charge in [0.05, 0.1) is 12.8 Å². The first kappa shape index (κ1) is 11.6. The molecule has 0 aliphatic carbocycles. The van der Waals surface area contributed by atoms with E-state index in [2.05, 4.69) is 10.2 Å². The van der Waals surface area contributed by atoms with E-state index in [1.54, 1.807) is 7.11 Å². The normalized spacial score (nSPS) is 21.1. The fourth-order valence-corrected chi connectivity index (χ4v) is 2.24. The molecule has 1 aromatic carbocycles. The largest absolute Gasteiger partial charge is 0.497 e. The van der Waals surface area contributed by atoms with Gasteiger partial charge in [-0.3, -0.25) is 0 Å². The fraction of sp³-hybridized carbons (Fsp3) is 0.214. The smallest absolute Gasteiger partial charge is 0.337 e. The van der Waals surface area contributed by atoms with Gasteiger partial charge in [0.25, 0.3) is 0 Å². The minimum atomic E-state index is -0.411. The first-order valence-corrected chi connectivity index (χ1v) is 5.89. The Bertz CT molecular complexity index is 627. The maximum absolute atomic E-state index is 11.6. The van der Waals surface area contributed by atoms with Crippen LogP contribution in [0.1, 0.15) is 12.5 Å². The second-order valence-corrected chi connectivity index (χ2v) is 4.36. The van der Waals surface area contributed by atoms with E-state index in [1.807, 2.05) is 31.2 Å². The molecule has 1 atom stereocenters. The summed E-state index contributed by atoms with van der Waals surface area (Å²) >= 11 is 0. The molecule has 5 nitrogen and oxygen atoms in total. The molecule has 0 saturated carbocycles. The molecule has 1 unspecified atom stereocenters. The third kappa shape index (κ3) is 1.93. The van der Waals surface area contributed by atoms with Crippen molar-refractivity contribution in [1.82, 2.24) is 0 Å². The van der Waals surface area contributed by atoms with Crippen LogP contribution in [0.4, 0.5) is 0 Å². The molecule has 0 spiro atoms. The molecule has 0 bridgehead atoms. The monoisotopic (exact) mass is 256 g/mol. The van der Waals surface area contributed by atoms with Gasteiger partial charge in [-0.15, -0.1) is 5.10 Å². The molecule has 0 saturated heterocycles. The zero-order valence-corrected chi connectivity index (χ0v) is 10.6. The van der Waals surface area contributed by atoms with E-state index in [0.29, 0.717) is 5.90 Å². The van der Waals surface area contributed by atoms with E-state index >= 15 is 0 Å². The van der Waals surface area contributed by atoms with Crippen LogP contribution in [0.15, 0.2) is 40.5 Å². The van der Waals surface area contributed by atoms with E-state index in [0.717, 1.165) is 22.6 Å². The summed E-state index contributed by atoms with van der Waals surface area (Å²) in [6.45, 7) is 1.87. The number of nitrogens with zero attached hydrogens (tertiary/aromatic N) is 2. The molecule has 0 amide bonds. The van der Waals surface area contributed by atoms with Crippen molar-refractivity contribution >= 4 is 23.2 Å². The van der Waals surface area contributed by atoms with E-state index < -0.39 is 5.97 Å². The number of methoxy groups -OCH3 is 1. The number of carbonyl (C=O) groups is 1. The van der Waals surface area contributed by atoms with Crippen LogP contribution >= 0.6 is 0 Å². The van der Waals surface area contributed by atoms with Crippen molar-refractivity contribution in [2.75, 3.05) is 7.11 Å². The van der Waals surface area contributed by atoms with Gasteiger partial charge in [-0.05, 0) is 30.2 Å². The molecule has 96 valence electrons. The Morgan fingerprint density at radius 2 is 1.95 bits per heavy atom. The number of fused-ring (bicyclic) bond motifs is 1. The number of hydrogen-bond acceptors (Lipinski definition) is 5. The van der Waals surface area contributed by atoms with Gasteiger partial charge in [0.2, 0.25) is 5.90 Å². The van der Waals surface area contributed by atoms with E-state index in [1.165, 1.54) is 6.08 Å². The van der Waals surface area contributed by atoms with Gasteiger partial charge in [-0.25, -0.2) is 4.79 Å². The zero-order chi connectivity index (χ0) is 13.4. The average molecular weight is 256 g/mol. The van der Waals surface area contributed by atoms with Crippen LogP contribution in [-0.4, -0.2) is 24.7 Å². The summed E-state index contributed by atoms with van der Waals surface area (Å²) in [5.74, 6) is 0.557. The lowest BCUT2D eigenvalue weighted by molar-refractivity contribution is -0.130. The minimum Gasteiger partial charge on any atom is -0.497 e. The van der Waals surface area contributed by atoms with Gasteiger partial charge in [-0.1, -0.05) is 12.1 Å². The predicted octanol–water partition coefficient (Wildman–Crippen LogP) is 2.04. The van der Waals surface area contributed by atoms with Gasteiger partial charge in [-0.2, -0.15) is 5.10 Å². The Labute approximate surface area is 110 Å². The first-order valence-electron chi connectivity index (χ1n) is 5.89. The minimum absolute atomic E-state index is 0.161. The lowest BCUT2D eigenvalue weighted by Gasteiger charge is -2.21. The van der Waals surface area contributed by atoms with Crippen LogP contribution in [0.25, 0.3) is 5.57 Å². The molecule has 2 aliphatic rings. The maximum atomic E-state index is 11.6. The molecular formula is C14H12N2O3. The van der Waals surface area contributed by atoms with Crippen molar-refractivity contribution in [3.63, 3.8) is 0 Å². The summed E-state index contributed by atoms with van der Waals surface area (Å²) in [5.41, 5.74) is 2.62. The average Bonchev–Trinajstić information content (AvgIpc) is 2.79. The second-order valence-electron chi connectivity index (χ2n) is 4.36. The summed E-state index contributed by atoms with van der Waals surface area (Å²) in [6, 6.07) is 7.53. The lowest BCUT2D eigenvalue weighted by atomic mass is 9.87. The Kier molecular flexibility index (Phi) is 2.67. The molecular weight excluding hydrogens is 244 g/mol. The third-order valence-corrected chi connectivity index (χ3v) is 3.18. The van der Waals surface area contributed by atoms with Crippen LogP contribution in [0, 0.1) is 5.92 Å². The highest BCUT2D eigenvalue weighted by molar-refractivity contribution is 6.21. The molecule has 1 aromatic rings. The van der Waals surface area contributed by atoms with Crippen LogP contribution in [0.5, 0.6) is 5.75 Å². The number of rotatable bonds is 2. The van der Waals surface area contributed by atoms with E-state index in [4.69, 9.17) is 9.47 Å². The van der Waals surface area contributed by atoms with Crippen LogP contribution in [0.2, 0.25) is 0 Å². The number of hydrogen-bond donors (Lipinski definition) is 0. The van der Waals surface area contributed by atoms with Crippen molar-refractivity contribution in [2.45, 2.75) is 6.92 Å². The second kappa shape index (κ2) is 4.35. The molecule has 0 radical (unpaired) electrons. The Morgan fingerprint density at radius 3 is 2.63 bits per heavy atom. The highest BCUT2D eigenvalue weighted by atomic mass is 16.5. The first-order chi connectivity index (χ1) is 9.19. The van der Waals surface area contributed by atoms with Crippen LogP contribution in [-0.2, 0) is 9.53 Å². The van der Waals surface area contributed by atoms with Gasteiger partial charge in [0.1, 0.15) is 11.7 Å². The van der Waals surface area contributed by atoms with Gasteiger partial charge in [0.15, 0.2) is 0 Å². The van der Waals surface area contributed by atoms with Crippen molar-refractivity contribution in [2.24, 2.45) is 16.1 Å². The fourth-order valence-electron chi connectivity index (χ4n) is 2.24. The SMILES string of the molecule is COc1ccc(C2=CC(=O)OC3=NN=C(C)C23)cc1. The molecule has 0 fully saturated rings. The van der Waals surface area contributed by atoms with Gasteiger partial charge in [0, 0.05) is 6.08 Å². The molecule has 0 N–H and O–H groups in total. The number of carbonyl (C=O) groups excluding carboxylic acids is 1. The van der Waals surface area contributed by atoms with Gasteiger partial charge < -0.3 is 9.47 Å². The Balaban J connectivity index is 2.03. The molecule has 19 heavy (non-hydrogen) atoms. The van der Waals surface area contributed by atoms with Crippen molar-refractivity contribution in [3.05, 3.63) is 35.9 Å². The third-order valence-electron chi connectivity index (χ3n) is 3.18. The van der Waals surface area contributed by atoms with Crippen LogP contribution in [0.3, 0.4) is 0 Å². The summed E-state index contributed by atoms with van der Waals surface area (Å²) < 4.78 is 10.2. The summed E-state index contributed by atoms with van der Waals surface area (Å²) in [6.07, 6.45) is 1.50. The zero-order valence-electron chi connectivity index (χ0n) is 10.6. The van der Waals surface area contributed by atoms with E-state index in [-0.39, 0.29) is 5.92 Å². The predicted molar refractivity (Wildman–Crippen MR) is 71.1 cm³/mol. The van der Waals surface area contributed by atoms with Gasteiger partial charge >= 0.3 is 5.97 Å². The maximum Gasteiger partial charge on any atom is 0.337 e. The summed E-state index contributed by atoms with van der Waals surface area (Å²) in [7, 11) is 1.62. The van der Waals surface area contributed by atoms with Crippen molar-refractivity contribution in [1.29, 1.82) is 0 Å². The molecule has 3 rings (SSSR count). The number of ether oxygens (including phenoxy) is 2. The molecule has 5 heteroatoms. The Morgan fingerprint density at radius 1 is 1.21 bits per heavy atom. The lowest BCUT2D eigenvalue weighted by Crippen LogP contribution is -2.28. The quantitative estimate of drug-likeness (QED) is 0.761. The molecule has 2 aliphatic heterocycles.